The SMILES string of the molecule is O=C(NCc1ccco1)c1cc2c(cc1C1CC1)SCC(=O)N2Cc1ccccc1F. The van der Waals surface area contributed by atoms with E-state index in [2.05, 4.69) is 5.32 Å². The molecule has 5 nitrogen and oxygen atoms in total. The second-order valence-corrected chi connectivity index (χ2v) is 8.82. The zero-order chi connectivity index (χ0) is 21.4. The van der Waals surface area contributed by atoms with Gasteiger partial charge in [0, 0.05) is 16.0 Å². The van der Waals surface area contributed by atoms with Crippen LogP contribution in [0.4, 0.5) is 10.1 Å². The molecule has 3 aromatic rings. The minimum absolute atomic E-state index is 0.0955. The highest BCUT2D eigenvalue weighted by molar-refractivity contribution is 8.00. The third kappa shape index (κ3) is 4.10. The number of anilines is 1. The van der Waals surface area contributed by atoms with Crippen molar-refractivity contribution in [1.82, 2.24) is 5.32 Å². The van der Waals surface area contributed by atoms with E-state index in [1.807, 2.05) is 6.07 Å². The number of carbonyl (C=O) groups is 2. The zero-order valence-corrected chi connectivity index (χ0v) is 17.6. The Morgan fingerprint density at radius 3 is 2.77 bits per heavy atom. The summed E-state index contributed by atoms with van der Waals surface area (Å²) in [4.78, 5) is 28.3. The molecule has 2 aromatic carbocycles. The van der Waals surface area contributed by atoms with Gasteiger partial charge in [0.1, 0.15) is 11.6 Å². The molecule has 1 N–H and O–H groups in total. The Labute approximate surface area is 183 Å². The molecule has 31 heavy (non-hydrogen) atoms. The largest absolute Gasteiger partial charge is 0.467 e. The topological polar surface area (TPSA) is 62.6 Å². The number of amides is 2. The number of hydrogen-bond donors (Lipinski definition) is 1. The van der Waals surface area contributed by atoms with Crippen molar-refractivity contribution >= 4 is 29.3 Å². The molecule has 1 aliphatic heterocycles. The quantitative estimate of drug-likeness (QED) is 0.599. The average Bonchev–Trinajstić information content (AvgIpc) is 3.49. The summed E-state index contributed by atoms with van der Waals surface area (Å²) in [6.45, 7) is 0.426. The van der Waals surface area contributed by atoms with Crippen molar-refractivity contribution in [3.05, 3.63) is 83.1 Å². The van der Waals surface area contributed by atoms with Gasteiger partial charge in [-0.3, -0.25) is 9.59 Å². The predicted octanol–water partition coefficient (Wildman–Crippen LogP) is 4.87. The van der Waals surface area contributed by atoms with Crippen molar-refractivity contribution in [3.63, 3.8) is 0 Å². The van der Waals surface area contributed by atoms with Gasteiger partial charge in [-0.1, -0.05) is 18.2 Å². The standard InChI is InChI=1S/C24H21FN2O3S/c25-20-6-2-1-4-16(20)13-27-21-10-19(24(29)26-12-17-5-3-9-30-17)18(15-7-8-15)11-22(21)31-14-23(27)28/h1-6,9-11,15H,7-8,12-14H2,(H,26,29). The van der Waals surface area contributed by atoms with E-state index in [1.54, 1.807) is 47.6 Å². The van der Waals surface area contributed by atoms with Gasteiger partial charge in [-0.15, -0.1) is 11.8 Å². The second-order valence-electron chi connectivity index (χ2n) is 7.80. The maximum Gasteiger partial charge on any atom is 0.252 e. The van der Waals surface area contributed by atoms with Crippen LogP contribution in [0.5, 0.6) is 0 Å². The number of halogens is 1. The van der Waals surface area contributed by atoms with Crippen LogP contribution in [0.15, 0.2) is 64.1 Å². The van der Waals surface area contributed by atoms with Crippen LogP contribution in [0.1, 0.15) is 46.0 Å². The number of rotatable bonds is 6. The number of fused-ring (bicyclic) bond motifs is 1. The fraction of sp³-hybridized carbons (Fsp3) is 0.250. The van der Waals surface area contributed by atoms with Crippen molar-refractivity contribution in [2.45, 2.75) is 36.7 Å². The van der Waals surface area contributed by atoms with Crippen molar-refractivity contribution in [2.75, 3.05) is 10.7 Å². The highest BCUT2D eigenvalue weighted by Gasteiger charge is 2.33. The fourth-order valence-corrected chi connectivity index (χ4v) is 4.80. The molecule has 0 saturated heterocycles. The Balaban J connectivity index is 1.49. The smallest absolute Gasteiger partial charge is 0.252 e. The van der Waals surface area contributed by atoms with Crippen LogP contribution in [-0.4, -0.2) is 17.6 Å². The summed E-state index contributed by atoms with van der Waals surface area (Å²) in [5, 5.41) is 2.91. The van der Waals surface area contributed by atoms with E-state index in [9.17, 15) is 14.0 Å². The van der Waals surface area contributed by atoms with Crippen molar-refractivity contribution in [1.29, 1.82) is 0 Å². The van der Waals surface area contributed by atoms with E-state index in [0.717, 1.165) is 23.3 Å². The number of furan rings is 1. The van der Waals surface area contributed by atoms with Gasteiger partial charge in [0.15, 0.2) is 0 Å². The van der Waals surface area contributed by atoms with Gasteiger partial charge in [0.05, 0.1) is 30.8 Å². The second kappa shape index (κ2) is 8.23. The van der Waals surface area contributed by atoms with Crippen LogP contribution < -0.4 is 10.2 Å². The lowest BCUT2D eigenvalue weighted by Gasteiger charge is -2.30. The van der Waals surface area contributed by atoms with Gasteiger partial charge in [0.2, 0.25) is 5.91 Å². The van der Waals surface area contributed by atoms with E-state index in [-0.39, 0.29) is 24.2 Å². The molecule has 2 amide bonds. The van der Waals surface area contributed by atoms with Crippen LogP contribution in [0, 0.1) is 5.82 Å². The highest BCUT2D eigenvalue weighted by Crippen LogP contribution is 2.46. The lowest BCUT2D eigenvalue weighted by atomic mass is 10.0. The fourth-order valence-electron chi connectivity index (χ4n) is 3.84. The van der Waals surface area contributed by atoms with E-state index >= 15 is 0 Å². The summed E-state index contributed by atoms with van der Waals surface area (Å²) >= 11 is 1.47. The molecule has 0 radical (unpaired) electrons. The number of carbonyl (C=O) groups excluding carboxylic acids is 2. The number of nitrogens with zero attached hydrogens (tertiary/aromatic N) is 1. The highest BCUT2D eigenvalue weighted by atomic mass is 32.2. The molecule has 0 atom stereocenters. The maximum absolute atomic E-state index is 14.3. The molecular weight excluding hydrogens is 415 g/mol. The number of thioether (sulfide) groups is 1. The summed E-state index contributed by atoms with van der Waals surface area (Å²) in [7, 11) is 0. The molecular formula is C24H21FN2O3S. The summed E-state index contributed by atoms with van der Waals surface area (Å²) in [5.74, 6) is 0.701. The maximum atomic E-state index is 14.3. The van der Waals surface area contributed by atoms with Gasteiger partial charge >= 0.3 is 0 Å². The normalized spacial score (nSPS) is 15.6. The lowest BCUT2D eigenvalue weighted by molar-refractivity contribution is -0.116. The van der Waals surface area contributed by atoms with Gasteiger partial charge in [-0.25, -0.2) is 4.39 Å². The summed E-state index contributed by atoms with van der Waals surface area (Å²) < 4.78 is 19.6. The number of nitrogens with one attached hydrogen (secondary N) is 1. The first kappa shape index (κ1) is 19.9. The van der Waals surface area contributed by atoms with Crippen molar-refractivity contribution in [2.24, 2.45) is 0 Å². The molecule has 2 aliphatic rings. The molecule has 5 rings (SSSR count). The number of hydrogen-bond acceptors (Lipinski definition) is 4. The lowest BCUT2D eigenvalue weighted by Crippen LogP contribution is -2.35. The van der Waals surface area contributed by atoms with E-state index in [1.165, 1.54) is 17.8 Å². The van der Waals surface area contributed by atoms with Crippen LogP contribution >= 0.6 is 11.8 Å². The summed E-state index contributed by atoms with van der Waals surface area (Å²) in [6.07, 6.45) is 3.68. The first-order chi connectivity index (χ1) is 15.1. The molecule has 0 unspecified atom stereocenters. The van der Waals surface area contributed by atoms with Gasteiger partial charge in [-0.05, 0) is 54.7 Å². The molecule has 7 heteroatoms. The number of benzene rings is 2. The van der Waals surface area contributed by atoms with Gasteiger partial charge in [0.25, 0.3) is 5.91 Å². The Morgan fingerprint density at radius 2 is 2.03 bits per heavy atom. The van der Waals surface area contributed by atoms with Gasteiger partial charge < -0.3 is 14.6 Å². The molecule has 0 spiro atoms. The molecule has 1 fully saturated rings. The minimum atomic E-state index is -0.346. The minimum Gasteiger partial charge on any atom is -0.467 e. The Bertz CT molecular complexity index is 1140. The third-order valence-corrected chi connectivity index (χ3v) is 6.65. The molecule has 2 heterocycles. The van der Waals surface area contributed by atoms with Gasteiger partial charge in [-0.2, -0.15) is 0 Å². The Kier molecular flexibility index (Phi) is 5.28. The monoisotopic (exact) mass is 436 g/mol. The van der Waals surface area contributed by atoms with Crippen molar-refractivity contribution < 1.29 is 18.4 Å². The van der Waals surface area contributed by atoms with E-state index in [4.69, 9.17) is 4.42 Å². The Hall–Kier alpha value is -3.06. The molecule has 158 valence electrons. The molecule has 1 aromatic heterocycles. The molecule has 1 saturated carbocycles. The first-order valence-corrected chi connectivity index (χ1v) is 11.2. The summed E-state index contributed by atoms with van der Waals surface area (Å²) in [6, 6.07) is 13.9. The van der Waals surface area contributed by atoms with E-state index in [0.29, 0.717) is 40.8 Å². The summed E-state index contributed by atoms with van der Waals surface area (Å²) in [5.41, 5.74) is 2.70. The zero-order valence-electron chi connectivity index (χ0n) is 16.8. The van der Waals surface area contributed by atoms with Crippen LogP contribution in [0.25, 0.3) is 0 Å². The van der Waals surface area contributed by atoms with Crippen LogP contribution in [0.2, 0.25) is 0 Å². The van der Waals surface area contributed by atoms with Crippen molar-refractivity contribution in [3.8, 4) is 0 Å². The average molecular weight is 437 g/mol. The molecule has 0 bridgehead atoms. The Morgan fingerprint density at radius 1 is 1.19 bits per heavy atom. The third-order valence-electron chi connectivity index (χ3n) is 5.63. The predicted molar refractivity (Wildman–Crippen MR) is 117 cm³/mol. The first-order valence-electron chi connectivity index (χ1n) is 10.3. The van der Waals surface area contributed by atoms with E-state index < -0.39 is 0 Å². The van der Waals surface area contributed by atoms with Crippen LogP contribution in [-0.2, 0) is 17.9 Å². The van der Waals surface area contributed by atoms with Crippen LogP contribution in [0.3, 0.4) is 0 Å². The molecule has 1 aliphatic carbocycles.